The van der Waals surface area contributed by atoms with E-state index in [2.05, 4.69) is 15.3 Å². The average Bonchev–Trinajstić information content (AvgIpc) is 3.18. The molecule has 25 heavy (non-hydrogen) atoms. The highest BCUT2D eigenvalue weighted by Gasteiger charge is 2.33. The molecule has 0 spiro atoms. The van der Waals surface area contributed by atoms with Crippen LogP contribution in [0.25, 0.3) is 0 Å². The first-order chi connectivity index (χ1) is 11.8. The summed E-state index contributed by atoms with van der Waals surface area (Å²) in [6.07, 6.45) is -1.00. The molecule has 1 aliphatic rings. The molecule has 2 aromatic rings. The third-order valence-corrected chi connectivity index (χ3v) is 4.16. The van der Waals surface area contributed by atoms with Crippen LogP contribution in [0.5, 0.6) is 0 Å². The van der Waals surface area contributed by atoms with Gasteiger partial charge in [0.25, 0.3) is 0 Å². The van der Waals surface area contributed by atoms with Crippen LogP contribution in [0.3, 0.4) is 0 Å². The molecule has 1 aromatic carbocycles. The van der Waals surface area contributed by atoms with Crippen molar-refractivity contribution in [1.82, 2.24) is 9.78 Å². The highest BCUT2D eigenvalue weighted by molar-refractivity contribution is 5.90. The van der Waals surface area contributed by atoms with Crippen molar-refractivity contribution in [3.05, 3.63) is 41.7 Å². The lowest BCUT2D eigenvalue weighted by Gasteiger charge is -2.20. The fourth-order valence-electron chi connectivity index (χ4n) is 2.99. The van der Waals surface area contributed by atoms with Crippen LogP contribution in [0, 0.1) is 6.92 Å². The van der Waals surface area contributed by atoms with Crippen LogP contribution >= 0.6 is 0 Å². The molecule has 0 bridgehead atoms. The summed E-state index contributed by atoms with van der Waals surface area (Å²) in [5.41, 5.74) is 1.82. The summed E-state index contributed by atoms with van der Waals surface area (Å²) in [5.74, 6) is -0.426. The van der Waals surface area contributed by atoms with Gasteiger partial charge in [-0.25, -0.2) is 0 Å². The lowest BCUT2D eigenvalue weighted by molar-refractivity contribution is -0.141. The van der Waals surface area contributed by atoms with E-state index >= 15 is 0 Å². The Bertz CT molecular complexity index is 763. The van der Waals surface area contributed by atoms with E-state index in [1.807, 2.05) is 25.1 Å². The van der Waals surface area contributed by atoms with Gasteiger partial charge in [-0.1, -0.05) is 0 Å². The lowest BCUT2D eigenvalue weighted by atomic mass is 10.1. The van der Waals surface area contributed by atoms with Gasteiger partial charge < -0.3 is 10.2 Å². The summed E-state index contributed by atoms with van der Waals surface area (Å²) in [6, 6.07) is 6.49. The van der Waals surface area contributed by atoms with Crippen LogP contribution in [-0.4, -0.2) is 28.8 Å². The van der Waals surface area contributed by atoms with Gasteiger partial charge >= 0.3 is 6.18 Å². The number of halogens is 3. The second-order valence-electron chi connectivity index (χ2n) is 6.14. The molecule has 3 rings (SSSR count). The first-order valence-corrected chi connectivity index (χ1v) is 8.09. The Labute approximate surface area is 143 Å². The molecule has 1 aliphatic heterocycles. The zero-order chi connectivity index (χ0) is 18.0. The number of alkyl halides is 3. The van der Waals surface area contributed by atoms with Gasteiger partial charge in [-0.05, 0) is 49.6 Å². The van der Waals surface area contributed by atoms with Gasteiger partial charge in [-0.3, -0.25) is 9.48 Å². The number of benzene rings is 1. The lowest BCUT2D eigenvalue weighted by Crippen LogP contribution is -2.21. The van der Waals surface area contributed by atoms with Crippen LogP contribution in [-0.2, 0) is 17.5 Å². The molecule has 0 atom stereocenters. The van der Waals surface area contributed by atoms with E-state index in [4.69, 9.17) is 0 Å². The van der Waals surface area contributed by atoms with Crippen molar-refractivity contribution >= 4 is 17.3 Å². The van der Waals surface area contributed by atoms with E-state index in [1.165, 1.54) is 12.8 Å². The molecule has 1 N–H and O–H groups in total. The molecule has 134 valence electrons. The maximum Gasteiger partial charge on any atom is 0.435 e. The van der Waals surface area contributed by atoms with Crippen LogP contribution in [0.1, 0.15) is 24.1 Å². The van der Waals surface area contributed by atoms with E-state index in [-0.39, 0.29) is 6.54 Å². The normalized spacial score (nSPS) is 14.8. The number of nitrogens with one attached hydrogen (secondary N) is 1. The van der Waals surface area contributed by atoms with Gasteiger partial charge in [-0.2, -0.15) is 18.3 Å². The van der Waals surface area contributed by atoms with E-state index in [0.29, 0.717) is 5.69 Å². The minimum absolute atomic E-state index is 0.275. The number of carbonyl (C=O) groups is 1. The predicted octanol–water partition coefficient (Wildman–Crippen LogP) is 3.45. The summed E-state index contributed by atoms with van der Waals surface area (Å²) in [6.45, 7) is 3.77. The third kappa shape index (κ3) is 4.12. The molecule has 0 aliphatic carbocycles. The topological polar surface area (TPSA) is 50.2 Å². The zero-order valence-electron chi connectivity index (χ0n) is 13.8. The second-order valence-corrected chi connectivity index (χ2v) is 6.14. The molecule has 5 nitrogen and oxygen atoms in total. The van der Waals surface area contributed by atoms with E-state index in [1.54, 1.807) is 0 Å². The standard InChI is InChI=1S/C17H19F3N4O/c1-12-10-13(4-5-14(12)23-7-2-3-8-23)21-16(25)11-24-9-6-15(22-24)17(18,19)20/h4-6,9-10H,2-3,7-8,11H2,1H3,(H,21,25). The molecule has 1 fully saturated rings. The van der Waals surface area contributed by atoms with Crippen molar-refractivity contribution in [3.8, 4) is 0 Å². The summed E-state index contributed by atoms with van der Waals surface area (Å²) < 4.78 is 38.5. The van der Waals surface area contributed by atoms with Gasteiger partial charge in [0.2, 0.25) is 5.91 Å². The monoisotopic (exact) mass is 352 g/mol. The number of anilines is 2. The predicted molar refractivity (Wildman–Crippen MR) is 88.5 cm³/mol. The Morgan fingerprint density at radius 1 is 1.24 bits per heavy atom. The number of aryl methyl sites for hydroxylation is 1. The quantitative estimate of drug-likeness (QED) is 0.917. The molecular weight excluding hydrogens is 333 g/mol. The Kier molecular flexibility index (Phi) is 4.69. The van der Waals surface area contributed by atoms with Gasteiger partial charge in [0.15, 0.2) is 5.69 Å². The smallest absolute Gasteiger partial charge is 0.371 e. The summed E-state index contributed by atoms with van der Waals surface area (Å²) >= 11 is 0. The van der Waals surface area contributed by atoms with Crippen LogP contribution in [0.2, 0.25) is 0 Å². The highest BCUT2D eigenvalue weighted by atomic mass is 19.4. The number of rotatable bonds is 4. The fourth-order valence-corrected chi connectivity index (χ4v) is 2.99. The molecule has 1 amide bonds. The first kappa shape index (κ1) is 17.3. The zero-order valence-corrected chi connectivity index (χ0v) is 13.8. The van der Waals surface area contributed by atoms with Crippen molar-refractivity contribution in [2.45, 2.75) is 32.5 Å². The number of aromatic nitrogens is 2. The van der Waals surface area contributed by atoms with Crippen LogP contribution in [0.4, 0.5) is 24.5 Å². The third-order valence-electron chi connectivity index (χ3n) is 4.16. The Morgan fingerprint density at radius 3 is 2.56 bits per heavy atom. The van der Waals surface area contributed by atoms with Gasteiger partial charge in [0, 0.05) is 30.7 Å². The van der Waals surface area contributed by atoms with Crippen molar-refractivity contribution in [2.24, 2.45) is 0 Å². The molecule has 1 saturated heterocycles. The highest BCUT2D eigenvalue weighted by Crippen LogP contribution is 2.28. The molecule has 8 heteroatoms. The van der Waals surface area contributed by atoms with Gasteiger partial charge in [-0.15, -0.1) is 0 Å². The largest absolute Gasteiger partial charge is 0.435 e. The van der Waals surface area contributed by atoms with Crippen LogP contribution in [0.15, 0.2) is 30.5 Å². The maximum atomic E-state index is 12.5. The molecule has 2 heterocycles. The summed E-state index contributed by atoms with van der Waals surface area (Å²) in [7, 11) is 0. The van der Waals surface area contributed by atoms with Crippen molar-refractivity contribution in [3.63, 3.8) is 0 Å². The van der Waals surface area contributed by atoms with Gasteiger partial charge in [0.1, 0.15) is 6.54 Å². The van der Waals surface area contributed by atoms with E-state index in [9.17, 15) is 18.0 Å². The second kappa shape index (κ2) is 6.78. The number of nitrogens with zero attached hydrogens (tertiary/aromatic N) is 3. The fraction of sp³-hybridized carbons (Fsp3) is 0.412. The number of hydrogen-bond acceptors (Lipinski definition) is 3. The number of hydrogen-bond donors (Lipinski definition) is 1. The molecule has 0 radical (unpaired) electrons. The Morgan fingerprint density at radius 2 is 1.96 bits per heavy atom. The minimum atomic E-state index is -4.51. The average molecular weight is 352 g/mol. The molecular formula is C17H19F3N4O. The molecule has 0 unspecified atom stereocenters. The number of amides is 1. The van der Waals surface area contributed by atoms with E-state index in [0.717, 1.165) is 41.3 Å². The minimum Gasteiger partial charge on any atom is -0.371 e. The van der Waals surface area contributed by atoms with Crippen LogP contribution < -0.4 is 10.2 Å². The van der Waals surface area contributed by atoms with Crippen molar-refractivity contribution < 1.29 is 18.0 Å². The Hall–Kier alpha value is -2.51. The maximum absolute atomic E-state index is 12.5. The van der Waals surface area contributed by atoms with Crippen molar-refractivity contribution in [1.29, 1.82) is 0 Å². The molecule has 1 aromatic heterocycles. The SMILES string of the molecule is Cc1cc(NC(=O)Cn2ccc(C(F)(F)F)n2)ccc1N1CCCC1. The molecule has 0 saturated carbocycles. The first-order valence-electron chi connectivity index (χ1n) is 8.09. The van der Waals surface area contributed by atoms with Gasteiger partial charge in [0.05, 0.1) is 0 Å². The van der Waals surface area contributed by atoms with E-state index < -0.39 is 17.8 Å². The van der Waals surface area contributed by atoms with Crippen molar-refractivity contribution in [2.75, 3.05) is 23.3 Å². The summed E-state index contributed by atoms with van der Waals surface area (Å²) in [4.78, 5) is 14.3. The Balaban J connectivity index is 1.63. The number of carbonyl (C=O) groups excluding carboxylic acids is 1. The summed E-state index contributed by atoms with van der Waals surface area (Å²) in [5, 5.41) is 6.07.